The monoisotopic (exact) mass is 378 g/mol. The first kappa shape index (κ1) is 19.4. The van der Waals surface area contributed by atoms with Crippen molar-refractivity contribution in [2.75, 3.05) is 17.7 Å². The van der Waals surface area contributed by atoms with E-state index in [-0.39, 0.29) is 11.7 Å². The third-order valence-electron chi connectivity index (χ3n) is 4.49. The van der Waals surface area contributed by atoms with Crippen molar-refractivity contribution in [3.8, 4) is 5.75 Å². The lowest BCUT2D eigenvalue weighted by molar-refractivity contribution is -0.117. The van der Waals surface area contributed by atoms with Crippen LogP contribution in [0.3, 0.4) is 0 Å². The van der Waals surface area contributed by atoms with Gasteiger partial charge in [-0.1, -0.05) is 42.5 Å². The van der Waals surface area contributed by atoms with Gasteiger partial charge in [0.05, 0.1) is 12.8 Å². The Bertz CT molecular complexity index is 974. The van der Waals surface area contributed by atoms with E-state index >= 15 is 0 Å². The lowest BCUT2D eigenvalue weighted by atomic mass is 10.0. The van der Waals surface area contributed by atoms with Gasteiger partial charge >= 0.3 is 0 Å². The first-order valence-corrected chi connectivity index (χ1v) is 9.01. The predicted molar refractivity (Wildman–Crippen MR) is 110 cm³/mol. The van der Waals surface area contributed by atoms with E-state index < -0.39 is 6.04 Å². The van der Waals surface area contributed by atoms with E-state index in [4.69, 9.17) is 4.74 Å². The van der Waals surface area contributed by atoms with Gasteiger partial charge in [0.25, 0.3) is 5.91 Å². The number of nitrogens with one attached hydrogen (secondary N) is 2. The zero-order valence-electron chi connectivity index (χ0n) is 16.1. The minimum absolute atomic E-state index is 0.268. The third kappa shape index (κ3) is 4.49. The molecule has 144 valence electrons. The second-order valence-corrected chi connectivity index (χ2v) is 6.64. The van der Waals surface area contributed by atoms with Crippen LogP contribution in [0.25, 0.3) is 0 Å². The molecular formula is C23H23FN2O2. The van der Waals surface area contributed by atoms with Crippen LogP contribution in [0.5, 0.6) is 5.75 Å². The zero-order chi connectivity index (χ0) is 20.1. The number of hydrogen-bond acceptors (Lipinski definition) is 3. The standard InChI is InChI=1S/C23H23FN2O2/c1-15-9-12-21(28-3)20(13-15)26-23(27)22(17-7-5-4-6-8-17)25-18-11-10-16(2)19(24)14-18/h4-14,22,25H,1-3H3,(H,26,27)/t22-/m0/s1. The molecule has 0 bridgehead atoms. The molecule has 0 radical (unpaired) electrons. The van der Waals surface area contributed by atoms with Crippen molar-refractivity contribution in [1.82, 2.24) is 0 Å². The molecule has 0 heterocycles. The van der Waals surface area contributed by atoms with E-state index in [2.05, 4.69) is 10.6 Å². The lowest BCUT2D eigenvalue weighted by Crippen LogP contribution is -2.27. The fourth-order valence-electron chi connectivity index (χ4n) is 2.92. The summed E-state index contributed by atoms with van der Waals surface area (Å²) in [5.41, 5.74) is 3.44. The molecule has 0 unspecified atom stereocenters. The van der Waals surface area contributed by atoms with Crippen molar-refractivity contribution in [2.45, 2.75) is 19.9 Å². The smallest absolute Gasteiger partial charge is 0.251 e. The average molecular weight is 378 g/mol. The van der Waals surface area contributed by atoms with Crippen molar-refractivity contribution in [3.05, 3.63) is 89.2 Å². The summed E-state index contributed by atoms with van der Waals surface area (Å²) >= 11 is 0. The second-order valence-electron chi connectivity index (χ2n) is 6.64. The van der Waals surface area contributed by atoms with E-state index in [1.54, 1.807) is 26.2 Å². The van der Waals surface area contributed by atoms with Gasteiger partial charge in [-0.3, -0.25) is 4.79 Å². The Morgan fingerprint density at radius 2 is 1.75 bits per heavy atom. The number of carbonyl (C=O) groups excluding carboxylic acids is 1. The van der Waals surface area contributed by atoms with Crippen LogP contribution in [-0.2, 0) is 4.79 Å². The SMILES string of the molecule is COc1ccc(C)cc1NC(=O)[C@@H](Nc1ccc(C)c(F)c1)c1ccccc1. The van der Waals surface area contributed by atoms with Gasteiger partial charge < -0.3 is 15.4 Å². The molecule has 28 heavy (non-hydrogen) atoms. The number of anilines is 2. The Balaban J connectivity index is 1.91. The number of aryl methyl sites for hydroxylation is 2. The first-order chi connectivity index (χ1) is 13.5. The summed E-state index contributed by atoms with van der Waals surface area (Å²) in [6, 6.07) is 19.0. The molecule has 0 aliphatic carbocycles. The van der Waals surface area contributed by atoms with Crippen LogP contribution in [0.1, 0.15) is 22.7 Å². The summed E-state index contributed by atoms with van der Waals surface area (Å²) in [7, 11) is 1.56. The quantitative estimate of drug-likeness (QED) is 0.616. The number of amides is 1. The molecule has 0 fully saturated rings. The van der Waals surface area contributed by atoms with Gasteiger partial charge in [-0.15, -0.1) is 0 Å². The van der Waals surface area contributed by atoms with E-state index in [9.17, 15) is 9.18 Å². The fraction of sp³-hybridized carbons (Fsp3) is 0.174. The van der Waals surface area contributed by atoms with Gasteiger partial charge in [-0.2, -0.15) is 0 Å². The van der Waals surface area contributed by atoms with Gasteiger partial charge in [0.1, 0.15) is 17.6 Å². The lowest BCUT2D eigenvalue weighted by Gasteiger charge is -2.21. The number of benzene rings is 3. The molecule has 0 aliphatic heterocycles. The maximum Gasteiger partial charge on any atom is 0.251 e. The summed E-state index contributed by atoms with van der Waals surface area (Å²) in [5.74, 6) is -0.0131. The third-order valence-corrected chi connectivity index (χ3v) is 4.49. The normalized spacial score (nSPS) is 11.6. The summed E-state index contributed by atoms with van der Waals surface area (Å²) in [5, 5.41) is 6.07. The topological polar surface area (TPSA) is 50.4 Å². The molecule has 3 aromatic rings. The molecule has 3 aromatic carbocycles. The number of hydrogen-bond donors (Lipinski definition) is 2. The molecule has 3 rings (SSSR count). The molecule has 0 spiro atoms. The Labute approximate surface area is 164 Å². The van der Waals surface area contributed by atoms with Gasteiger partial charge in [-0.05, 0) is 54.8 Å². The van der Waals surface area contributed by atoms with Crippen molar-refractivity contribution >= 4 is 17.3 Å². The molecule has 0 aliphatic rings. The van der Waals surface area contributed by atoms with Crippen LogP contribution >= 0.6 is 0 Å². The highest BCUT2D eigenvalue weighted by atomic mass is 19.1. The highest BCUT2D eigenvalue weighted by molar-refractivity contribution is 5.98. The van der Waals surface area contributed by atoms with Crippen LogP contribution in [-0.4, -0.2) is 13.0 Å². The minimum atomic E-state index is -0.700. The van der Waals surface area contributed by atoms with Crippen LogP contribution in [0.15, 0.2) is 66.7 Å². The summed E-state index contributed by atoms with van der Waals surface area (Å²) in [6.45, 7) is 3.64. The van der Waals surface area contributed by atoms with Crippen LogP contribution in [0.4, 0.5) is 15.8 Å². The fourth-order valence-corrected chi connectivity index (χ4v) is 2.92. The summed E-state index contributed by atoms with van der Waals surface area (Å²) in [4.78, 5) is 13.1. The van der Waals surface area contributed by atoms with Crippen LogP contribution < -0.4 is 15.4 Å². The number of rotatable bonds is 6. The summed E-state index contributed by atoms with van der Waals surface area (Å²) in [6.07, 6.45) is 0. The molecule has 0 aromatic heterocycles. The van der Waals surface area contributed by atoms with Crippen molar-refractivity contribution < 1.29 is 13.9 Å². The van der Waals surface area contributed by atoms with Gasteiger partial charge in [-0.25, -0.2) is 4.39 Å². The zero-order valence-corrected chi connectivity index (χ0v) is 16.1. The Morgan fingerprint density at radius 3 is 2.43 bits per heavy atom. The molecule has 1 atom stereocenters. The predicted octanol–water partition coefficient (Wildman–Crippen LogP) is 5.24. The molecule has 4 nitrogen and oxygen atoms in total. The van der Waals surface area contributed by atoms with E-state index in [0.29, 0.717) is 22.7 Å². The van der Waals surface area contributed by atoms with E-state index in [1.165, 1.54) is 6.07 Å². The Morgan fingerprint density at radius 1 is 1.00 bits per heavy atom. The second kappa shape index (κ2) is 8.57. The van der Waals surface area contributed by atoms with Crippen molar-refractivity contribution in [3.63, 3.8) is 0 Å². The van der Waals surface area contributed by atoms with Crippen molar-refractivity contribution in [1.29, 1.82) is 0 Å². The molecule has 1 amide bonds. The van der Waals surface area contributed by atoms with E-state index in [0.717, 1.165) is 11.1 Å². The highest BCUT2D eigenvalue weighted by Gasteiger charge is 2.22. The number of carbonyl (C=O) groups is 1. The Hall–Kier alpha value is -3.34. The van der Waals surface area contributed by atoms with Crippen LogP contribution in [0.2, 0.25) is 0 Å². The molecular weight excluding hydrogens is 355 g/mol. The largest absolute Gasteiger partial charge is 0.495 e. The van der Waals surface area contributed by atoms with Crippen LogP contribution in [0, 0.1) is 19.7 Å². The summed E-state index contributed by atoms with van der Waals surface area (Å²) < 4.78 is 19.3. The highest BCUT2D eigenvalue weighted by Crippen LogP contribution is 2.28. The minimum Gasteiger partial charge on any atom is -0.495 e. The maximum absolute atomic E-state index is 14.0. The molecule has 0 saturated heterocycles. The molecule has 2 N–H and O–H groups in total. The number of ether oxygens (including phenoxy) is 1. The number of methoxy groups -OCH3 is 1. The first-order valence-electron chi connectivity index (χ1n) is 9.01. The van der Waals surface area contributed by atoms with Gasteiger partial charge in [0.15, 0.2) is 0 Å². The maximum atomic E-state index is 14.0. The van der Waals surface area contributed by atoms with Gasteiger partial charge in [0, 0.05) is 5.69 Å². The number of halogens is 1. The molecule has 0 saturated carbocycles. The Kier molecular flexibility index (Phi) is 5.94. The average Bonchev–Trinajstić information content (AvgIpc) is 2.69. The van der Waals surface area contributed by atoms with Crippen molar-refractivity contribution in [2.24, 2.45) is 0 Å². The van der Waals surface area contributed by atoms with Gasteiger partial charge in [0.2, 0.25) is 0 Å². The van der Waals surface area contributed by atoms with E-state index in [1.807, 2.05) is 55.5 Å². The molecule has 5 heteroatoms.